The Labute approximate surface area is 144 Å². The van der Waals surface area contributed by atoms with Gasteiger partial charge in [0.05, 0.1) is 12.3 Å². The predicted molar refractivity (Wildman–Crippen MR) is 98.3 cm³/mol. The highest BCUT2D eigenvalue weighted by atomic mass is 16.5. The molecule has 1 spiro atoms. The minimum absolute atomic E-state index is 0.0280. The molecule has 0 aliphatic carbocycles. The molecule has 0 unspecified atom stereocenters. The van der Waals surface area contributed by atoms with Gasteiger partial charge in [0.1, 0.15) is 0 Å². The van der Waals surface area contributed by atoms with Crippen LogP contribution in [0.25, 0.3) is 10.9 Å². The third-order valence-electron chi connectivity index (χ3n) is 6.37. The number of para-hydroxylation sites is 1. The molecule has 4 rings (SSSR count). The van der Waals surface area contributed by atoms with E-state index in [1.54, 1.807) is 0 Å². The molecule has 24 heavy (non-hydrogen) atoms. The lowest BCUT2D eigenvalue weighted by atomic mass is 9.76. The minimum Gasteiger partial charge on any atom is -0.358 e. The first-order valence-electron chi connectivity index (χ1n) is 9.18. The number of hydrogen-bond donors (Lipinski definition) is 2. The lowest BCUT2D eigenvalue weighted by Crippen LogP contribution is -2.57. The summed E-state index contributed by atoms with van der Waals surface area (Å²) in [5, 5.41) is 4.89. The molecule has 0 bridgehead atoms. The first kappa shape index (κ1) is 16.1. The van der Waals surface area contributed by atoms with Crippen molar-refractivity contribution in [2.24, 2.45) is 0 Å². The van der Waals surface area contributed by atoms with Crippen LogP contribution in [-0.2, 0) is 11.2 Å². The number of benzene rings is 1. The number of nitrogens with zero attached hydrogens (tertiary/aromatic N) is 1. The molecular formula is C20H29N3O. The second-order valence-corrected chi connectivity index (χ2v) is 7.95. The van der Waals surface area contributed by atoms with Crippen molar-refractivity contribution < 1.29 is 4.74 Å². The van der Waals surface area contributed by atoms with E-state index in [9.17, 15) is 0 Å². The average molecular weight is 327 g/mol. The predicted octanol–water partition coefficient (Wildman–Crippen LogP) is 3.21. The Morgan fingerprint density at radius 1 is 1.17 bits per heavy atom. The maximum atomic E-state index is 6.13. The smallest absolute Gasteiger partial charge is 0.0978 e. The van der Waals surface area contributed by atoms with Crippen molar-refractivity contribution >= 4 is 10.9 Å². The number of aromatic amines is 1. The number of rotatable bonds is 3. The molecule has 130 valence electrons. The van der Waals surface area contributed by atoms with Crippen molar-refractivity contribution in [3.05, 3.63) is 35.5 Å². The van der Waals surface area contributed by atoms with Gasteiger partial charge in [-0.05, 0) is 51.7 Å². The van der Waals surface area contributed by atoms with Gasteiger partial charge in [0.25, 0.3) is 0 Å². The van der Waals surface area contributed by atoms with E-state index < -0.39 is 0 Å². The highest BCUT2D eigenvalue weighted by molar-refractivity contribution is 5.84. The van der Waals surface area contributed by atoms with Gasteiger partial charge in [0.15, 0.2) is 0 Å². The van der Waals surface area contributed by atoms with Crippen LogP contribution < -0.4 is 5.32 Å². The van der Waals surface area contributed by atoms with Gasteiger partial charge >= 0.3 is 0 Å². The Balaban J connectivity index is 1.40. The first-order chi connectivity index (χ1) is 11.5. The molecule has 2 N–H and O–H groups in total. The zero-order chi connectivity index (χ0) is 16.8. The second kappa shape index (κ2) is 5.87. The van der Waals surface area contributed by atoms with Crippen molar-refractivity contribution in [3.63, 3.8) is 0 Å². The summed E-state index contributed by atoms with van der Waals surface area (Å²) < 4.78 is 6.13. The lowest BCUT2D eigenvalue weighted by molar-refractivity contribution is -0.0684. The van der Waals surface area contributed by atoms with Gasteiger partial charge in [-0.2, -0.15) is 0 Å². The van der Waals surface area contributed by atoms with Crippen LogP contribution in [0.5, 0.6) is 0 Å². The number of aromatic nitrogens is 1. The summed E-state index contributed by atoms with van der Waals surface area (Å²) in [6.07, 6.45) is 3.37. The van der Waals surface area contributed by atoms with E-state index in [0.717, 1.165) is 38.9 Å². The Kier molecular flexibility index (Phi) is 3.94. The third kappa shape index (κ3) is 2.57. The fraction of sp³-hybridized carbons (Fsp3) is 0.600. The summed E-state index contributed by atoms with van der Waals surface area (Å²) in [5.74, 6) is 0. The van der Waals surface area contributed by atoms with Crippen LogP contribution in [0.1, 0.15) is 37.9 Å². The number of H-pyrrole nitrogens is 1. The van der Waals surface area contributed by atoms with Crippen molar-refractivity contribution in [2.75, 3.05) is 26.4 Å². The molecular weight excluding hydrogens is 298 g/mol. The van der Waals surface area contributed by atoms with Gasteiger partial charge in [0, 0.05) is 41.8 Å². The lowest BCUT2D eigenvalue weighted by Gasteiger charge is -2.45. The Morgan fingerprint density at radius 3 is 2.62 bits per heavy atom. The maximum absolute atomic E-state index is 6.13. The summed E-state index contributed by atoms with van der Waals surface area (Å²) >= 11 is 0. The number of aryl methyl sites for hydroxylation is 1. The van der Waals surface area contributed by atoms with Crippen LogP contribution >= 0.6 is 0 Å². The first-order valence-corrected chi connectivity index (χ1v) is 9.18. The molecule has 0 saturated carbocycles. The zero-order valence-electron chi connectivity index (χ0n) is 15.1. The summed E-state index contributed by atoms with van der Waals surface area (Å²) in [5.41, 5.74) is 4.17. The van der Waals surface area contributed by atoms with Crippen LogP contribution in [0, 0.1) is 6.92 Å². The summed E-state index contributed by atoms with van der Waals surface area (Å²) in [4.78, 5) is 6.12. The minimum atomic E-state index is 0.0280. The fourth-order valence-corrected chi connectivity index (χ4v) is 4.53. The molecule has 2 aliphatic rings. The second-order valence-electron chi connectivity index (χ2n) is 7.95. The number of hydrogen-bond acceptors (Lipinski definition) is 3. The molecule has 1 aromatic carbocycles. The normalized spacial score (nSPS) is 23.3. The van der Waals surface area contributed by atoms with E-state index in [-0.39, 0.29) is 11.1 Å². The van der Waals surface area contributed by atoms with Gasteiger partial charge in [-0.3, -0.25) is 5.32 Å². The maximum Gasteiger partial charge on any atom is 0.0978 e. The summed E-state index contributed by atoms with van der Waals surface area (Å²) in [7, 11) is 0. The van der Waals surface area contributed by atoms with Crippen LogP contribution in [0.4, 0.5) is 0 Å². The number of fused-ring (bicyclic) bond motifs is 1. The van der Waals surface area contributed by atoms with Gasteiger partial charge in [-0.1, -0.05) is 18.2 Å². The number of nitrogens with one attached hydrogen (secondary N) is 2. The molecule has 4 nitrogen and oxygen atoms in total. The van der Waals surface area contributed by atoms with Crippen LogP contribution in [0.3, 0.4) is 0 Å². The average Bonchev–Trinajstić information content (AvgIpc) is 3.03. The topological polar surface area (TPSA) is 40.3 Å². The van der Waals surface area contributed by atoms with Crippen LogP contribution in [0.15, 0.2) is 24.3 Å². The highest BCUT2D eigenvalue weighted by Gasteiger charge is 2.51. The van der Waals surface area contributed by atoms with Crippen molar-refractivity contribution in [2.45, 2.75) is 51.2 Å². The van der Waals surface area contributed by atoms with Gasteiger partial charge < -0.3 is 14.6 Å². The molecule has 0 amide bonds. The van der Waals surface area contributed by atoms with Gasteiger partial charge in [-0.25, -0.2) is 0 Å². The number of ether oxygens (including phenoxy) is 1. The molecule has 1 aromatic heterocycles. The molecule has 4 heteroatoms. The zero-order valence-corrected chi connectivity index (χ0v) is 15.1. The van der Waals surface area contributed by atoms with Crippen LogP contribution in [0.2, 0.25) is 0 Å². The highest BCUT2D eigenvalue weighted by Crippen LogP contribution is 2.39. The monoisotopic (exact) mass is 327 g/mol. The molecule has 2 aliphatic heterocycles. The molecule has 2 aromatic rings. The summed E-state index contributed by atoms with van der Waals surface area (Å²) in [6, 6.07) is 8.64. The molecule has 3 heterocycles. The number of likely N-dealkylation sites (tertiary alicyclic amines) is 1. The standard InChI is InChI=1S/C20H29N3O/c1-15-16(17-6-4-5-7-18(17)22-15)8-11-23-12-9-20(10-13-23)19(2,3)21-14-24-20/h4-7,21-22H,8-14H2,1-3H3. The van der Waals surface area contributed by atoms with Crippen molar-refractivity contribution in [3.8, 4) is 0 Å². The van der Waals surface area contributed by atoms with E-state index in [2.05, 4.69) is 60.2 Å². The van der Waals surface area contributed by atoms with Crippen molar-refractivity contribution in [1.82, 2.24) is 15.2 Å². The quantitative estimate of drug-likeness (QED) is 0.909. The third-order valence-corrected chi connectivity index (χ3v) is 6.37. The summed E-state index contributed by atoms with van der Waals surface area (Å²) in [6.45, 7) is 10.9. The van der Waals surface area contributed by atoms with E-state index in [1.165, 1.54) is 22.2 Å². The van der Waals surface area contributed by atoms with E-state index >= 15 is 0 Å². The van der Waals surface area contributed by atoms with Crippen molar-refractivity contribution in [1.29, 1.82) is 0 Å². The SMILES string of the molecule is Cc1[nH]c2ccccc2c1CCN1CCC2(CC1)OCNC2(C)C. The van der Waals surface area contributed by atoms with Crippen LogP contribution in [-0.4, -0.2) is 47.4 Å². The fourth-order valence-electron chi connectivity index (χ4n) is 4.53. The Morgan fingerprint density at radius 2 is 1.92 bits per heavy atom. The Hall–Kier alpha value is -1.36. The van der Waals surface area contributed by atoms with E-state index in [4.69, 9.17) is 4.74 Å². The largest absolute Gasteiger partial charge is 0.358 e. The van der Waals surface area contributed by atoms with Gasteiger partial charge in [-0.15, -0.1) is 0 Å². The molecule has 2 fully saturated rings. The number of piperidine rings is 1. The Bertz CT molecular complexity index is 726. The van der Waals surface area contributed by atoms with E-state index in [0.29, 0.717) is 6.73 Å². The van der Waals surface area contributed by atoms with E-state index in [1.807, 2.05) is 0 Å². The van der Waals surface area contributed by atoms with Gasteiger partial charge in [0.2, 0.25) is 0 Å². The molecule has 2 saturated heterocycles. The molecule has 0 radical (unpaired) electrons. The molecule has 0 atom stereocenters.